The summed E-state index contributed by atoms with van der Waals surface area (Å²) < 4.78 is 12.0. The van der Waals surface area contributed by atoms with E-state index in [-0.39, 0.29) is 5.91 Å². The lowest BCUT2D eigenvalue weighted by molar-refractivity contribution is -0.118. The van der Waals surface area contributed by atoms with Gasteiger partial charge in [0.15, 0.2) is 0 Å². The monoisotopic (exact) mass is 395 g/mol. The van der Waals surface area contributed by atoms with Crippen molar-refractivity contribution >= 4 is 17.6 Å². The lowest BCUT2D eigenvalue weighted by atomic mass is 10.1. The van der Waals surface area contributed by atoms with Crippen LogP contribution in [0, 0.1) is 13.8 Å². The third-order valence-corrected chi connectivity index (χ3v) is 4.97. The van der Waals surface area contributed by atoms with Gasteiger partial charge >= 0.3 is 6.03 Å². The summed E-state index contributed by atoms with van der Waals surface area (Å²) in [7, 11) is 1.59. The Morgan fingerprint density at radius 2 is 2.10 bits per heavy atom. The Morgan fingerprint density at radius 3 is 2.83 bits per heavy atom. The maximum atomic E-state index is 12.9. The highest BCUT2D eigenvalue weighted by molar-refractivity contribution is 6.21. The Kier molecular flexibility index (Phi) is 4.79. The summed E-state index contributed by atoms with van der Waals surface area (Å²) in [5.41, 5.74) is 3.03. The molecule has 1 aliphatic heterocycles. The standard InChI is InChI=1S/C20H21N5O4/c1-12-17(13(2)29-23-12)11-24-10-15(9-21-24)25-19(26)18(22-20(25)27)8-14-5-4-6-16(7-14)28-3/h4-7,9-10,18H,8,11H2,1-3H3,(H,22,27). The van der Waals surface area contributed by atoms with Gasteiger partial charge in [-0.15, -0.1) is 0 Å². The number of benzene rings is 1. The fraction of sp³-hybridized carbons (Fsp3) is 0.300. The number of anilines is 1. The van der Waals surface area contributed by atoms with Crippen molar-refractivity contribution in [3.05, 3.63) is 59.2 Å². The Bertz CT molecular complexity index is 1050. The molecule has 29 heavy (non-hydrogen) atoms. The summed E-state index contributed by atoms with van der Waals surface area (Å²) in [6, 6.07) is 6.33. The number of imide groups is 1. The van der Waals surface area contributed by atoms with Crippen molar-refractivity contribution in [2.45, 2.75) is 32.9 Å². The summed E-state index contributed by atoms with van der Waals surface area (Å²) in [6.45, 7) is 4.13. The van der Waals surface area contributed by atoms with Gasteiger partial charge in [-0.2, -0.15) is 5.10 Å². The van der Waals surface area contributed by atoms with Crippen molar-refractivity contribution in [3.63, 3.8) is 0 Å². The molecule has 1 atom stereocenters. The highest BCUT2D eigenvalue weighted by Gasteiger charge is 2.39. The van der Waals surface area contributed by atoms with Crippen molar-refractivity contribution < 1.29 is 18.8 Å². The number of rotatable bonds is 6. The molecule has 3 heterocycles. The van der Waals surface area contributed by atoms with E-state index in [9.17, 15) is 9.59 Å². The van der Waals surface area contributed by atoms with E-state index in [0.29, 0.717) is 30.2 Å². The number of urea groups is 1. The van der Waals surface area contributed by atoms with Crippen molar-refractivity contribution in [2.75, 3.05) is 12.0 Å². The second-order valence-electron chi connectivity index (χ2n) is 6.93. The molecule has 3 aromatic rings. The summed E-state index contributed by atoms with van der Waals surface area (Å²) >= 11 is 0. The zero-order chi connectivity index (χ0) is 20.5. The molecule has 1 aliphatic rings. The molecular weight excluding hydrogens is 374 g/mol. The predicted molar refractivity (Wildman–Crippen MR) is 104 cm³/mol. The number of ether oxygens (including phenoxy) is 1. The molecule has 3 amide bonds. The molecule has 1 N–H and O–H groups in total. The first-order chi connectivity index (χ1) is 14.0. The van der Waals surface area contributed by atoms with E-state index < -0.39 is 12.1 Å². The highest BCUT2D eigenvalue weighted by atomic mass is 16.5. The topological polar surface area (TPSA) is 102 Å². The average molecular weight is 395 g/mol. The maximum Gasteiger partial charge on any atom is 0.329 e. The Morgan fingerprint density at radius 1 is 1.28 bits per heavy atom. The third-order valence-electron chi connectivity index (χ3n) is 4.97. The summed E-state index contributed by atoms with van der Waals surface area (Å²) in [5, 5.41) is 11.0. The molecule has 0 aliphatic carbocycles. The molecule has 0 spiro atoms. The van der Waals surface area contributed by atoms with E-state index in [0.717, 1.165) is 21.7 Å². The number of nitrogens with zero attached hydrogens (tertiary/aromatic N) is 4. The minimum atomic E-state index is -0.638. The van der Waals surface area contributed by atoms with Crippen LogP contribution in [0.25, 0.3) is 0 Å². The first-order valence-electron chi connectivity index (χ1n) is 9.18. The fourth-order valence-electron chi connectivity index (χ4n) is 3.39. The molecule has 0 saturated carbocycles. The van der Waals surface area contributed by atoms with Crippen LogP contribution < -0.4 is 15.0 Å². The molecule has 1 unspecified atom stereocenters. The van der Waals surface area contributed by atoms with E-state index in [1.54, 1.807) is 18.0 Å². The van der Waals surface area contributed by atoms with Crippen LogP contribution in [0.4, 0.5) is 10.5 Å². The normalized spacial score (nSPS) is 16.4. The smallest absolute Gasteiger partial charge is 0.329 e. The molecule has 9 nitrogen and oxygen atoms in total. The third kappa shape index (κ3) is 3.58. The zero-order valence-corrected chi connectivity index (χ0v) is 16.4. The second kappa shape index (κ2) is 7.42. The number of nitrogens with one attached hydrogen (secondary N) is 1. The van der Waals surface area contributed by atoms with E-state index in [2.05, 4.69) is 15.6 Å². The number of aromatic nitrogens is 3. The van der Waals surface area contributed by atoms with Crippen molar-refractivity contribution in [1.29, 1.82) is 0 Å². The van der Waals surface area contributed by atoms with E-state index >= 15 is 0 Å². The number of hydrogen-bond acceptors (Lipinski definition) is 6. The minimum absolute atomic E-state index is 0.310. The molecule has 4 rings (SSSR count). The van der Waals surface area contributed by atoms with Gasteiger partial charge in [-0.25, -0.2) is 9.69 Å². The molecule has 1 saturated heterocycles. The predicted octanol–water partition coefficient (Wildman–Crippen LogP) is 2.21. The van der Waals surface area contributed by atoms with Gasteiger partial charge in [-0.05, 0) is 31.5 Å². The van der Waals surface area contributed by atoms with Gasteiger partial charge in [-0.3, -0.25) is 9.48 Å². The van der Waals surface area contributed by atoms with Gasteiger partial charge in [0.1, 0.15) is 17.6 Å². The quantitative estimate of drug-likeness (QED) is 0.642. The summed E-state index contributed by atoms with van der Waals surface area (Å²) in [6.07, 6.45) is 3.55. The van der Waals surface area contributed by atoms with Crippen molar-refractivity contribution in [3.8, 4) is 5.75 Å². The highest BCUT2D eigenvalue weighted by Crippen LogP contribution is 2.23. The van der Waals surface area contributed by atoms with E-state index in [1.165, 1.54) is 6.20 Å². The van der Waals surface area contributed by atoms with Crippen LogP contribution in [0.2, 0.25) is 0 Å². The van der Waals surface area contributed by atoms with E-state index in [1.807, 2.05) is 38.1 Å². The Balaban J connectivity index is 1.50. The Hall–Kier alpha value is -3.62. The lowest BCUT2D eigenvalue weighted by Crippen LogP contribution is -2.32. The number of carbonyl (C=O) groups is 2. The van der Waals surface area contributed by atoms with Gasteiger partial charge in [-0.1, -0.05) is 17.3 Å². The summed E-state index contributed by atoms with van der Waals surface area (Å²) in [5.74, 6) is 1.11. The van der Waals surface area contributed by atoms with Crippen LogP contribution in [0.3, 0.4) is 0 Å². The molecule has 1 aromatic carbocycles. The van der Waals surface area contributed by atoms with Crippen LogP contribution >= 0.6 is 0 Å². The number of carbonyl (C=O) groups excluding carboxylic acids is 2. The molecule has 2 aromatic heterocycles. The van der Waals surface area contributed by atoms with Crippen LogP contribution in [0.5, 0.6) is 5.75 Å². The van der Waals surface area contributed by atoms with Crippen LogP contribution in [0.1, 0.15) is 22.6 Å². The van der Waals surface area contributed by atoms with Gasteiger partial charge in [0, 0.05) is 18.2 Å². The molecule has 0 bridgehead atoms. The maximum absolute atomic E-state index is 12.9. The second-order valence-corrected chi connectivity index (χ2v) is 6.93. The number of methoxy groups -OCH3 is 1. The van der Waals surface area contributed by atoms with Crippen molar-refractivity contribution in [2.24, 2.45) is 0 Å². The molecular formula is C20H21N5O4. The fourth-order valence-corrected chi connectivity index (χ4v) is 3.39. The minimum Gasteiger partial charge on any atom is -0.497 e. The zero-order valence-electron chi connectivity index (χ0n) is 16.4. The van der Waals surface area contributed by atoms with Crippen LogP contribution in [-0.2, 0) is 17.8 Å². The van der Waals surface area contributed by atoms with Gasteiger partial charge in [0.2, 0.25) is 0 Å². The first-order valence-corrected chi connectivity index (χ1v) is 9.18. The molecule has 150 valence electrons. The van der Waals surface area contributed by atoms with Gasteiger partial charge in [0.05, 0.1) is 31.2 Å². The Labute approximate surface area is 167 Å². The van der Waals surface area contributed by atoms with Gasteiger partial charge < -0.3 is 14.6 Å². The SMILES string of the molecule is COc1cccc(CC2NC(=O)N(c3cnn(Cc4c(C)noc4C)c3)C2=O)c1. The largest absolute Gasteiger partial charge is 0.497 e. The summed E-state index contributed by atoms with van der Waals surface area (Å²) in [4.78, 5) is 26.4. The molecule has 0 radical (unpaired) electrons. The average Bonchev–Trinajstić information content (AvgIpc) is 3.37. The van der Waals surface area contributed by atoms with Crippen LogP contribution in [-0.4, -0.2) is 40.0 Å². The van der Waals surface area contributed by atoms with E-state index in [4.69, 9.17) is 9.26 Å². The number of hydrogen-bond donors (Lipinski definition) is 1. The number of aryl methyl sites for hydroxylation is 2. The molecule has 9 heteroatoms. The van der Waals surface area contributed by atoms with Crippen LogP contribution in [0.15, 0.2) is 41.2 Å². The lowest BCUT2D eigenvalue weighted by Gasteiger charge is -2.11. The van der Waals surface area contributed by atoms with Gasteiger partial charge in [0.25, 0.3) is 5.91 Å². The van der Waals surface area contributed by atoms with Crippen molar-refractivity contribution in [1.82, 2.24) is 20.3 Å². The first kappa shape index (κ1) is 18.7. The molecule has 1 fully saturated rings. The number of amides is 3.